The molecule has 2 N–H and O–H groups in total. The summed E-state index contributed by atoms with van der Waals surface area (Å²) in [5.74, 6) is 0.728. The molecule has 82 valence electrons. The molecule has 0 aliphatic heterocycles. The Morgan fingerprint density at radius 2 is 2.31 bits per heavy atom. The highest BCUT2D eigenvalue weighted by Gasteiger charge is 2.02. The van der Waals surface area contributed by atoms with E-state index in [1.54, 1.807) is 19.3 Å². The minimum Gasteiger partial charge on any atom is -0.496 e. The Morgan fingerprint density at radius 3 is 2.75 bits per heavy atom. The molecule has 1 aromatic rings. The number of halogens is 1. The van der Waals surface area contributed by atoms with Crippen molar-refractivity contribution in [1.29, 1.82) is 5.26 Å². The number of thiocarbonyl (C=S) groups is 1. The van der Waals surface area contributed by atoms with E-state index < -0.39 is 0 Å². The molecule has 0 saturated carbocycles. The molecule has 0 bridgehead atoms. The van der Waals surface area contributed by atoms with Gasteiger partial charge in [0.1, 0.15) is 16.8 Å². The van der Waals surface area contributed by atoms with Crippen LogP contribution in [0.4, 0.5) is 0 Å². The maximum absolute atomic E-state index is 8.81. The predicted octanol–water partition coefficient (Wildman–Crippen LogP) is 2.65. The van der Waals surface area contributed by atoms with Crippen molar-refractivity contribution in [3.8, 4) is 11.8 Å². The first kappa shape index (κ1) is 12.7. The Labute approximate surface area is 108 Å². The van der Waals surface area contributed by atoms with E-state index in [1.165, 1.54) is 0 Å². The summed E-state index contributed by atoms with van der Waals surface area (Å²) in [7, 11) is 1.59. The minimum absolute atomic E-state index is 0.0921. The number of nitrogens with zero attached hydrogens (tertiary/aromatic N) is 1. The standard InChI is InChI=1S/C11H9BrN2OS/c1-15-10-3-2-7(5-9(10)12)4-8(6-13)11(14)16/h2-5H,1H3,(H2,14,16)/b8-4+. The van der Waals surface area contributed by atoms with Gasteiger partial charge in [0.2, 0.25) is 0 Å². The summed E-state index contributed by atoms with van der Waals surface area (Å²) in [6, 6.07) is 7.39. The zero-order valence-corrected chi connectivity index (χ0v) is 10.9. The van der Waals surface area contributed by atoms with Crippen LogP contribution >= 0.6 is 28.1 Å². The summed E-state index contributed by atoms with van der Waals surface area (Å²) in [6.07, 6.45) is 1.63. The Balaban J connectivity index is 3.12. The highest BCUT2D eigenvalue weighted by Crippen LogP contribution is 2.26. The van der Waals surface area contributed by atoms with E-state index in [4.69, 9.17) is 28.0 Å². The van der Waals surface area contributed by atoms with Crippen LogP contribution < -0.4 is 10.5 Å². The molecule has 0 fully saturated rings. The van der Waals surface area contributed by atoms with Gasteiger partial charge < -0.3 is 10.5 Å². The van der Waals surface area contributed by atoms with Crippen LogP contribution in [0.1, 0.15) is 5.56 Å². The van der Waals surface area contributed by atoms with E-state index in [0.717, 1.165) is 15.8 Å². The van der Waals surface area contributed by atoms with Crippen molar-refractivity contribution >= 4 is 39.2 Å². The third-order valence-electron chi connectivity index (χ3n) is 1.87. The third kappa shape index (κ3) is 3.05. The fourth-order valence-electron chi connectivity index (χ4n) is 1.10. The molecule has 0 spiro atoms. The predicted molar refractivity (Wildman–Crippen MR) is 71.1 cm³/mol. The molecule has 3 nitrogen and oxygen atoms in total. The van der Waals surface area contributed by atoms with Gasteiger partial charge in [0.25, 0.3) is 0 Å². The number of methoxy groups -OCH3 is 1. The highest BCUT2D eigenvalue weighted by atomic mass is 79.9. The number of hydrogen-bond donors (Lipinski definition) is 1. The van der Waals surface area contributed by atoms with Gasteiger partial charge in [-0.3, -0.25) is 0 Å². The molecular weight excluding hydrogens is 288 g/mol. The van der Waals surface area contributed by atoms with Gasteiger partial charge in [-0.05, 0) is 39.7 Å². The van der Waals surface area contributed by atoms with Crippen LogP contribution in [0, 0.1) is 11.3 Å². The van der Waals surface area contributed by atoms with Crippen molar-refractivity contribution < 1.29 is 4.74 Å². The average molecular weight is 297 g/mol. The summed E-state index contributed by atoms with van der Waals surface area (Å²) in [5.41, 5.74) is 6.51. The number of rotatable bonds is 3. The van der Waals surface area contributed by atoms with Gasteiger partial charge in [-0.2, -0.15) is 5.26 Å². The largest absolute Gasteiger partial charge is 0.496 e. The number of ether oxygens (including phenoxy) is 1. The van der Waals surface area contributed by atoms with Gasteiger partial charge in [-0.25, -0.2) is 0 Å². The lowest BCUT2D eigenvalue weighted by Crippen LogP contribution is -2.09. The molecule has 0 aliphatic rings. The normalized spacial score (nSPS) is 10.7. The van der Waals surface area contributed by atoms with E-state index in [-0.39, 0.29) is 10.6 Å². The number of benzene rings is 1. The Morgan fingerprint density at radius 1 is 1.62 bits per heavy atom. The zero-order valence-electron chi connectivity index (χ0n) is 8.53. The first-order chi connectivity index (χ1) is 7.58. The molecule has 0 aromatic heterocycles. The molecule has 1 aromatic carbocycles. The number of nitriles is 1. The second kappa shape index (κ2) is 5.64. The fraction of sp³-hybridized carbons (Fsp3) is 0.0909. The quantitative estimate of drug-likeness (QED) is 0.529. The summed E-state index contributed by atoms with van der Waals surface area (Å²) in [4.78, 5) is 0.0921. The van der Waals surface area contributed by atoms with Crippen molar-refractivity contribution in [2.75, 3.05) is 7.11 Å². The minimum atomic E-state index is 0.0921. The first-order valence-corrected chi connectivity index (χ1v) is 5.53. The molecule has 5 heteroatoms. The van der Waals surface area contributed by atoms with Crippen molar-refractivity contribution in [2.24, 2.45) is 5.73 Å². The van der Waals surface area contributed by atoms with Gasteiger partial charge in [0, 0.05) is 0 Å². The van der Waals surface area contributed by atoms with E-state index in [0.29, 0.717) is 0 Å². The summed E-state index contributed by atoms with van der Waals surface area (Å²) in [6.45, 7) is 0. The second-order valence-corrected chi connectivity index (χ2v) is 4.22. The van der Waals surface area contributed by atoms with Crippen molar-refractivity contribution in [3.63, 3.8) is 0 Å². The van der Waals surface area contributed by atoms with Gasteiger partial charge in [-0.1, -0.05) is 18.3 Å². The second-order valence-electron chi connectivity index (χ2n) is 2.93. The van der Waals surface area contributed by atoms with Crippen molar-refractivity contribution in [2.45, 2.75) is 0 Å². The molecule has 0 amide bonds. The average Bonchev–Trinajstić information content (AvgIpc) is 2.25. The molecule has 0 heterocycles. The monoisotopic (exact) mass is 296 g/mol. The summed E-state index contributed by atoms with van der Waals surface area (Å²) in [5, 5.41) is 8.81. The van der Waals surface area contributed by atoms with E-state index in [1.807, 2.05) is 18.2 Å². The highest BCUT2D eigenvalue weighted by molar-refractivity contribution is 9.10. The molecule has 16 heavy (non-hydrogen) atoms. The Hall–Kier alpha value is -1.38. The molecule has 0 atom stereocenters. The smallest absolute Gasteiger partial charge is 0.133 e. The molecule has 0 unspecified atom stereocenters. The van der Waals surface area contributed by atoms with E-state index in [2.05, 4.69) is 15.9 Å². The lowest BCUT2D eigenvalue weighted by molar-refractivity contribution is 0.412. The van der Waals surface area contributed by atoms with Crippen LogP contribution in [0.3, 0.4) is 0 Å². The van der Waals surface area contributed by atoms with Gasteiger partial charge >= 0.3 is 0 Å². The SMILES string of the molecule is COc1ccc(/C=C(\C#N)C(N)=S)cc1Br. The molecule has 0 saturated heterocycles. The molecular formula is C11H9BrN2OS. The number of hydrogen-bond acceptors (Lipinski definition) is 3. The van der Waals surface area contributed by atoms with E-state index >= 15 is 0 Å². The summed E-state index contributed by atoms with van der Waals surface area (Å²) < 4.78 is 5.90. The fourth-order valence-corrected chi connectivity index (χ4v) is 1.76. The molecule has 0 radical (unpaired) electrons. The van der Waals surface area contributed by atoms with E-state index in [9.17, 15) is 0 Å². The van der Waals surface area contributed by atoms with Gasteiger partial charge in [-0.15, -0.1) is 0 Å². The van der Waals surface area contributed by atoms with Gasteiger partial charge in [0.05, 0.1) is 17.2 Å². The molecule has 1 rings (SSSR count). The van der Waals surface area contributed by atoms with Crippen LogP contribution in [0.5, 0.6) is 5.75 Å². The Kier molecular flexibility index (Phi) is 4.47. The van der Waals surface area contributed by atoms with Crippen molar-refractivity contribution in [1.82, 2.24) is 0 Å². The maximum atomic E-state index is 8.81. The van der Waals surface area contributed by atoms with Crippen LogP contribution in [0.25, 0.3) is 6.08 Å². The van der Waals surface area contributed by atoms with Crippen LogP contribution in [0.15, 0.2) is 28.2 Å². The van der Waals surface area contributed by atoms with Crippen LogP contribution in [-0.2, 0) is 0 Å². The molecule has 0 aliphatic carbocycles. The number of nitrogens with two attached hydrogens (primary N) is 1. The lowest BCUT2D eigenvalue weighted by Gasteiger charge is -2.03. The van der Waals surface area contributed by atoms with Gasteiger partial charge in [0.15, 0.2) is 0 Å². The van der Waals surface area contributed by atoms with Crippen LogP contribution in [-0.4, -0.2) is 12.1 Å². The van der Waals surface area contributed by atoms with Crippen LogP contribution in [0.2, 0.25) is 0 Å². The summed E-state index contributed by atoms with van der Waals surface area (Å²) >= 11 is 8.10. The maximum Gasteiger partial charge on any atom is 0.133 e. The zero-order chi connectivity index (χ0) is 12.1. The Bertz CT molecular complexity index is 491. The van der Waals surface area contributed by atoms with Crippen molar-refractivity contribution in [3.05, 3.63) is 33.8 Å². The third-order valence-corrected chi connectivity index (χ3v) is 2.71. The lowest BCUT2D eigenvalue weighted by atomic mass is 10.1. The topological polar surface area (TPSA) is 59.0 Å². The first-order valence-electron chi connectivity index (χ1n) is 4.33.